The number of rotatable bonds is 2. The first-order chi connectivity index (χ1) is 9.24. The van der Waals surface area contributed by atoms with E-state index in [1.807, 2.05) is 6.07 Å². The Bertz CT molecular complexity index is 508. The van der Waals surface area contributed by atoms with Crippen LogP contribution in [0.3, 0.4) is 0 Å². The third kappa shape index (κ3) is 2.05. The number of aromatic nitrogens is 2. The highest BCUT2D eigenvalue weighted by Gasteiger charge is 2.54. The SMILES string of the molecule is N#Cc1cnnc(N[C@@H]2C[C@@H](O)C23CCOCC3)c1. The Kier molecular flexibility index (Phi) is 3.09. The van der Waals surface area contributed by atoms with Crippen LogP contribution in [0.4, 0.5) is 5.82 Å². The van der Waals surface area contributed by atoms with Crippen molar-refractivity contribution >= 4 is 5.82 Å². The Morgan fingerprint density at radius 3 is 2.95 bits per heavy atom. The van der Waals surface area contributed by atoms with Crippen molar-refractivity contribution < 1.29 is 9.84 Å². The number of nitrogens with one attached hydrogen (secondary N) is 1. The van der Waals surface area contributed by atoms with Gasteiger partial charge in [-0.3, -0.25) is 0 Å². The lowest BCUT2D eigenvalue weighted by atomic mass is 9.58. The minimum absolute atomic E-state index is 0.109. The summed E-state index contributed by atoms with van der Waals surface area (Å²) < 4.78 is 5.37. The molecule has 3 rings (SSSR count). The van der Waals surface area contributed by atoms with Crippen LogP contribution in [0.25, 0.3) is 0 Å². The standard InChI is InChI=1S/C13H16N4O2/c14-7-9-5-12(17-15-8-9)16-10-6-11(18)13(10)1-3-19-4-2-13/h5,8,10-11,18H,1-4,6H2,(H,16,17)/t10-,11-/m1/s1. The zero-order valence-corrected chi connectivity index (χ0v) is 10.5. The summed E-state index contributed by atoms with van der Waals surface area (Å²) in [5, 5.41) is 30.0. The van der Waals surface area contributed by atoms with Crippen molar-refractivity contribution in [3.05, 3.63) is 17.8 Å². The Labute approximate surface area is 111 Å². The van der Waals surface area contributed by atoms with Gasteiger partial charge in [0.25, 0.3) is 0 Å². The molecule has 2 fully saturated rings. The molecule has 6 nitrogen and oxygen atoms in total. The lowest BCUT2D eigenvalue weighted by Gasteiger charge is -2.55. The first kappa shape index (κ1) is 12.3. The van der Waals surface area contributed by atoms with E-state index in [1.165, 1.54) is 6.20 Å². The first-order valence-corrected chi connectivity index (χ1v) is 6.50. The normalized spacial score (nSPS) is 28.4. The monoisotopic (exact) mass is 260 g/mol. The van der Waals surface area contributed by atoms with Gasteiger partial charge in [0.15, 0.2) is 0 Å². The van der Waals surface area contributed by atoms with Crippen LogP contribution in [-0.4, -0.2) is 40.7 Å². The second kappa shape index (κ2) is 4.76. The van der Waals surface area contributed by atoms with Crippen molar-refractivity contribution in [2.45, 2.75) is 31.4 Å². The number of aliphatic hydroxyl groups excluding tert-OH is 1. The maximum Gasteiger partial charge on any atom is 0.150 e. The molecule has 1 saturated carbocycles. The molecule has 1 spiro atoms. The summed E-state index contributed by atoms with van der Waals surface area (Å²) in [5.41, 5.74) is 0.376. The predicted octanol–water partition coefficient (Wildman–Crippen LogP) is 0.690. The summed E-state index contributed by atoms with van der Waals surface area (Å²) in [6.07, 6.45) is 3.58. The molecule has 2 heterocycles. The van der Waals surface area contributed by atoms with Gasteiger partial charge in [-0.15, -0.1) is 5.10 Å². The molecular formula is C13H16N4O2. The number of anilines is 1. The summed E-state index contributed by atoms with van der Waals surface area (Å²) in [4.78, 5) is 0. The van der Waals surface area contributed by atoms with Crippen LogP contribution in [0, 0.1) is 16.7 Å². The van der Waals surface area contributed by atoms with Gasteiger partial charge in [-0.25, -0.2) is 0 Å². The average Bonchev–Trinajstić information content (AvgIpc) is 2.48. The second-order valence-corrected chi connectivity index (χ2v) is 5.24. The van der Waals surface area contributed by atoms with Gasteiger partial charge in [0.2, 0.25) is 0 Å². The number of ether oxygens (including phenoxy) is 1. The van der Waals surface area contributed by atoms with E-state index in [9.17, 15) is 5.11 Å². The fraction of sp³-hybridized carbons (Fsp3) is 0.615. The van der Waals surface area contributed by atoms with E-state index in [0.29, 0.717) is 31.0 Å². The molecule has 0 aromatic carbocycles. The van der Waals surface area contributed by atoms with Gasteiger partial charge >= 0.3 is 0 Å². The number of nitrogens with zero attached hydrogens (tertiary/aromatic N) is 3. The first-order valence-electron chi connectivity index (χ1n) is 6.50. The third-order valence-electron chi connectivity index (χ3n) is 4.35. The summed E-state index contributed by atoms with van der Waals surface area (Å²) >= 11 is 0. The lowest BCUT2D eigenvalue weighted by molar-refractivity contribution is -0.133. The van der Waals surface area contributed by atoms with Crippen molar-refractivity contribution in [1.29, 1.82) is 5.26 Å². The van der Waals surface area contributed by atoms with E-state index >= 15 is 0 Å². The molecular weight excluding hydrogens is 244 g/mol. The van der Waals surface area contributed by atoms with E-state index in [4.69, 9.17) is 10.00 Å². The molecule has 1 aliphatic carbocycles. The molecule has 2 atom stereocenters. The van der Waals surface area contributed by atoms with Crippen molar-refractivity contribution in [3.8, 4) is 6.07 Å². The molecule has 2 N–H and O–H groups in total. The third-order valence-corrected chi connectivity index (χ3v) is 4.35. The number of hydrogen-bond donors (Lipinski definition) is 2. The molecule has 0 radical (unpaired) electrons. The zero-order chi connectivity index (χ0) is 13.3. The molecule has 1 aromatic heterocycles. The van der Waals surface area contributed by atoms with Gasteiger partial charge < -0.3 is 15.2 Å². The van der Waals surface area contributed by atoms with E-state index in [0.717, 1.165) is 12.8 Å². The van der Waals surface area contributed by atoms with Crippen LogP contribution >= 0.6 is 0 Å². The van der Waals surface area contributed by atoms with Crippen molar-refractivity contribution in [1.82, 2.24) is 10.2 Å². The fourth-order valence-electron chi connectivity index (χ4n) is 3.08. The smallest absolute Gasteiger partial charge is 0.150 e. The maximum absolute atomic E-state index is 10.1. The van der Waals surface area contributed by atoms with Crippen molar-refractivity contribution in [2.75, 3.05) is 18.5 Å². The summed E-state index contributed by atoms with van der Waals surface area (Å²) in [6.45, 7) is 1.39. The largest absolute Gasteiger partial charge is 0.392 e. The van der Waals surface area contributed by atoms with E-state index in [-0.39, 0.29) is 17.6 Å². The highest BCUT2D eigenvalue weighted by atomic mass is 16.5. The van der Waals surface area contributed by atoms with Crippen LogP contribution in [-0.2, 0) is 4.74 Å². The van der Waals surface area contributed by atoms with Crippen molar-refractivity contribution in [3.63, 3.8) is 0 Å². The number of hydrogen-bond acceptors (Lipinski definition) is 6. The fourth-order valence-corrected chi connectivity index (χ4v) is 3.08. The van der Waals surface area contributed by atoms with Gasteiger partial charge in [0, 0.05) is 30.7 Å². The van der Waals surface area contributed by atoms with Gasteiger partial charge in [-0.1, -0.05) is 0 Å². The highest BCUT2D eigenvalue weighted by Crippen LogP contribution is 2.49. The number of nitriles is 1. The van der Waals surface area contributed by atoms with Gasteiger partial charge in [0.1, 0.15) is 11.9 Å². The van der Waals surface area contributed by atoms with Crippen LogP contribution in [0.5, 0.6) is 0 Å². The average molecular weight is 260 g/mol. The van der Waals surface area contributed by atoms with Gasteiger partial charge in [-0.2, -0.15) is 10.4 Å². The Balaban J connectivity index is 1.74. The topological polar surface area (TPSA) is 91.1 Å². The second-order valence-electron chi connectivity index (χ2n) is 5.24. The predicted molar refractivity (Wildman–Crippen MR) is 67.3 cm³/mol. The molecule has 19 heavy (non-hydrogen) atoms. The van der Waals surface area contributed by atoms with Crippen LogP contribution in [0.2, 0.25) is 0 Å². The number of aliphatic hydroxyl groups is 1. The Morgan fingerprint density at radius 1 is 1.47 bits per heavy atom. The molecule has 0 amide bonds. The maximum atomic E-state index is 10.1. The Morgan fingerprint density at radius 2 is 2.26 bits per heavy atom. The van der Waals surface area contributed by atoms with Crippen LogP contribution in [0.15, 0.2) is 12.3 Å². The summed E-state index contributed by atoms with van der Waals surface area (Å²) in [7, 11) is 0. The molecule has 0 bridgehead atoms. The minimum atomic E-state index is -0.277. The molecule has 1 saturated heterocycles. The molecule has 0 unspecified atom stereocenters. The summed E-state index contributed by atoms with van der Waals surface area (Å²) in [6, 6.07) is 3.91. The van der Waals surface area contributed by atoms with Gasteiger partial charge in [-0.05, 0) is 19.3 Å². The Hall–Kier alpha value is -1.71. The van der Waals surface area contributed by atoms with E-state index in [1.54, 1.807) is 6.07 Å². The van der Waals surface area contributed by atoms with Crippen LogP contribution < -0.4 is 5.32 Å². The zero-order valence-electron chi connectivity index (χ0n) is 10.5. The highest BCUT2D eigenvalue weighted by molar-refractivity contribution is 5.42. The molecule has 1 aromatic rings. The van der Waals surface area contributed by atoms with Crippen molar-refractivity contribution in [2.24, 2.45) is 5.41 Å². The quantitative estimate of drug-likeness (QED) is 0.813. The molecule has 1 aliphatic heterocycles. The summed E-state index contributed by atoms with van der Waals surface area (Å²) in [5.74, 6) is 0.599. The van der Waals surface area contributed by atoms with Gasteiger partial charge in [0.05, 0.1) is 17.9 Å². The minimum Gasteiger partial charge on any atom is -0.392 e. The molecule has 100 valence electrons. The lowest BCUT2D eigenvalue weighted by Crippen LogP contribution is -2.62. The van der Waals surface area contributed by atoms with Crippen LogP contribution in [0.1, 0.15) is 24.8 Å². The molecule has 2 aliphatic rings. The molecule has 6 heteroatoms. The van der Waals surface area contributed by atoms with E-state index < -0.39 is 0 Å². The van der Waals surface area contributed by atoms with E-state index in [2.05, 4.69) is 15.5 Å².